The summed E-state index contributed by atoms with van der Waals surface area (Å²) in [7, 11) is 1.57. The largest absolute Gasteiger partial charge is 0.496 e. The molecule has 7 heteroatoms. The van der Waals surface area contributed by atoms with Crippen LogP contribution in [-0.4, -0.2) is 39.3 Å². The molecule has 1 aliphatic rings. The van der Waals surface area contributed by atoms with E-state index < -0.39 is 0 Å². The molecule has 0 saturated heterocycles. The number of hydrogen-bond donors (Lipinski definition) is 1. The monoisotopic (exact) mass is 444 g/mol. The molecule has 33 heavy (non-hydrogen) atoms. The van der Waals surface area contributed by atoms with E-state index in [1.807, 2.05) is 46.0 Å². The Morgan fingerprint density at radius 3 is 2.67 bits per heavy atom. The van der Waals surface area contributed by atoms with Crippen molar-refractivity contribution in [3.05, 3.63) is 70.9 Å². The topological polar surface area (TPSA) is 91.4 Å². The van der Waals surface area contributed by atoms with E-state index in [0.717, 1.165) is 30.4 Å². The third-order valence-corrected chi connectivity index (χ3v) is 6.11. The second kappa shape index (κ2) is 9.88. The average Bonchev–Trinajstić information content (AvgIpc) is 3.31. The molecule has 0 spiro atoms. The maximum Gasteiger partial charge on any atom is 0.272 e. The van der Waals surface area contributed by atoms with Gasteiger partial charge in [-0.15, -0.1) is 0 Å². The van der Waals surface area contributed by atoms with Crippen LogP contribution in [-0.2, 0) is 13.2 Å². The van der Waals surface area contributed by atoms with Crippen molar-refractivity contribution in [3.8, 4) is 23.1 Å². The molecule has 1 atom stereocenters. The summed E-state index contributed by atoms with van der Waals surface area (Å²) in [6.07, 6.45) is 3.06. The highest BCUT2D eigenvalue weighted by Crippen LogP contribution is 2.32. The number of benzene rings is 2. The van der Waals surface area contributed by atoms with Crippen LogP contribution in [0, 0.1) is 11.3 Å². The van der Waals surface area contributed by atoms with Crippen molar-refractivity contribution < 1.29 is 14.6 Å². The predicted molar refractivity (Wildman–Crippen MR) is 125 cm³/mol. The van der Waals surface area contributed by atoms with Gasteiger partial charge in [0.25, 0.3) is 5.91 Å². The standard InChI is InChI=1S/C26H28N4O3/c1-3-4-5-22-16-29(15-19-8-6-18(14-27)7-9-19)26(32)24-13-23(28-30(22)24)20-10-11-25(33-2)21(12-20)17-31/h6-13,22,31H,3-5,15-17H2,1-2H3. The van der Waals surface area contributed by atoms with Crippen LogP contribution in [0.5, 0.6) is 5.75 Å². The first-order chi connectivity index (χ1) is 16.1. The number of ether oxygens (including phenoxy) is 1. The number of methoxy groups -OCH3 is 1. The zero-order chi connectivity index (χ0) is 23.4. The van der Waals surface area contributed by atoms with E-state index in [9.17, 15) is 9.90 Å². The van der Waals surface area contributed by atoms with Crippen LogP contribution in [0.3, 0.4) is 0 Å². The summed E-state index contributed by atoms with van der Waals surface area (Å²) in [5, 5.41) is 23.5. The lowest BCUT2D eigenvalue weighted by atomic mass is 10.0. The van der Waals surface area contributed by atoms with Crippen molar-refractivity contribution >= 4 is 5.91 Å². The van der Waals surface area contributed by atoms with Gasteiger partial charge in [-0.3, -0.25) is 9.48 Å². The Morgan fingerprint density at radius 2 is 2.00 bits per heavy atom. The molecule has 170 valence electrons. The number of aromatic nitrogens is 2. The molecule has 2 heterocycles. The number of rotatable bonds is 8. The van der Waals surface area contributed by atoms with Crippen LogP contribution >= 0.6 is 0 Å². The number of nitriles is 1. The summed E-state index contributed by atoms with van der Waals surface area (Å²) >= 11 is 0. The number of carbonyl (C=O) groups excluding carboxylic acids is 1. The molecule has 1 aliphatic heterocycles. The van der Waals surface area contributed by atoms with Gasteiger partial charge in [0.05, 0.1) is 37.1 Å². The Balaban J connectivity index is 1.66. The predicted octanol–water partition coefficient (Wildman–Crippen LogP) is 4.31. The fourth-order valence-corrected chi connectivity index (χ4v) is 4.31. The molecular weight excluding hydrogens is 416 g/mol. The van der Waals surface area contributed by atoms with Crippen molar-refractivity contribution in [2.24, 2.45) is 0 Å². The van der Waals surface area contributed by atoms with E-state index in [1.54, 1.807) is 19.2 Å². The van der Waals surface area contributed by atoms with E-state index in [4.69, 9.17) is 15.1 Å². The molecule has 0 bridgehead atoms. The van der Waals surface area contributed by atoms with Gasteiger partial charge in [0, 0.05) is 24.2 Å². The third-order valence-electron chi connectivity index (χ3n) is 6.11. The molecule has 1 unspecified atom stereocenters. The molecule has 0 aliphatic carbocycles. The average molecular weight is 445 g/mol. The van der Waals surface area contributed by atoms with Crippen molar-refractivity contribution in [1.82, 2.24) is 14.7 Å². The minimum Gasteiger partial charge on any atom is -0.496 e. The Bertz CT molecular complexity index is 1180. The summed E-state index contributed by atoms with van der Waals surface area (Å²) in [6, 6.07) is 17.0. The van der Waals surface area contributed by atoms with Crippen molar-refractivity contribution in [3.63, 3.8) is 0 Å². The number of carbonyl (C=O) groups is 1. The van der Waals surface area contributed by atoms with Gasteiger partial charge < -0.3 is 14.7 Å². The first-order valence-corrected chi connectivity index (χ1v) is 11.2. The lowest BCUT2D eigenvalue weighted by Gasteiger charge is -2.33. The van der Waals surface area contributed by atoms with Crippen LogP contribution in [0.4, 0.5) is 0 Å². The Hall–Kier alpha value is -3.63. The highest BCUT2D eigenvalue weighted by atomic mass is 16.5. The molecule has 7 nitrogen and oxygen atoms in total. The smallest absolute Gasteiger partial charge is 0.272 e. The van der Waals surface area contributed by atoms with Crippen LogP contribution in [0.15, 0.2) is 48.5 Å². The van der Waals surface area contributed by atoms with Crippen LogP contribution < -0.4 is 4.74 Å². The fourth-order valence-electron chi connectivity index (χ4n) is 4.31. The van der Waals surface area contributed by atoms with E-state index in [0.29, 0.717) is 41.4 Å². The van der Waals surface area contributed by atoms with Crippen LogP contribution in [0.25, 0.3) is 11.3 Å². The first-order valence-electron chi connectivity index (χ1n) is 11.2. The zero-order valence-corrected chi connectivity index (χ0v) is 19.0. The molecule has 0 saturated carbocycles. The number of fused-ring (bicyclic) bond motifs is 1. The molecule has 1 aromatic heterocycles. The highest BCUT2D eigenvalue weighted by molar-refractivity contribution is 5.94. The quantitative estimate of drug-likeness (QED) is 0.559. The number of amides is 1. The first kappa shape index (κ1) is 22.6. The van der Waals surface area contributed by atoms with Gasteiger partial charge in [-0.25, -0.2) is 0 Å². The number of aliphatic hydroxyl groups is 1. The van der Waals surface area contributed by atoms with Gasteiger partial charge in [-0.1, -0.05) is 31.9 Å². The maximum absolute atomic E-state index is 13.4. The highest BCUT2D eigenvalue weighted by Gasteiger charge is 2.33. The summed E-state index contributed by atoms with van der Waals surface area (Å²) in [5.74, 6) is 0.567. The number of unbranched alkanes of at least 4 members (excludes halogenated alkanes) is 1. The van der Waals surface area contributed by atoms with E-state index in [1.165, 1.54) is 0 Å². The third kappa shape index (κ3) is 4.62. The van der Waals surface area contributed by atoms with Gasteiger partial charge in [0.2, 0.25) is 0 Å². The summed E-state index contributed by atoms with van der Waals surface area (Å²) < 4.78 is 7.19. The Morgan fingerprint density at radius 1 is 1.21 bits per heavy atom. The number of aliphatic hydroxyl groups excluding tert-OH is 1. The van der Waals surface area contributed by atoms with E-state index >= 15 is 0 Å². The normalized spacial score (nSPS) is 15.3. The molecular formula is C26H28N4O3. The van der Waals surface area contributed by atoms with Gasteiger partial charge in [-0.2, -0.15) is 10.4 Å². The van der Waals surface area contributed by atoms with Crippen molar-refractivity contribution in [2.45, 2.75) is 45.4 Å². The van der Waals surface area contributed by atoms with Crippen LogP contribution in [0.2, 0.25) is 0 Å². The van der Waals surface area contributed by atoms with Crippen LogP contribution in [0.1, 0.15) is 59.4 Å². The number of nitrogens with zero attached hydrogens (tertiary/aromatic N) is 4. The molecule has 1 amide bonds. The summed E-state index contributed by atoms with van der Waals surface area (Å²) in [4.78, 5) is 15.3. The van der Waals surface area contributed by atoms with Gasteiger partial charge in [0.1, 0.15) is 11.4 Å². The van der Waals surface area contributed by atoms with E-state index in [-0.39, 0.29) is 18.6 Å². The Labute approximate surface area is 193 Å². The lowest BCUT2D eigenvalue weighted by molar-refractivity contribution is 0.0635. The molecule has 3 aromatic rings. The van der Waals surface area contributed by atoms with E-state index in [2.05, 4.69) is 13.0 Å². The fraction of sp³-hybridized carbons (Fsp3) is 0.346. The zero-order valence-electron chi connectivity index (χ0n) is 19.0. The SMILES string of the molecule is CCCCC1CN(Cc2ccc(C#N)cc2)C(=O)c2cc(-c3ccc(OC)c(CO)c3)nn21. The van der Waals surface area contributed by atoms with Gasteiger partial charge >= 0.3 is 0 Å². The second-order valence-electron chi connectivity index (χ2n) is 8.33. The van der Waals surface area contributed by atoms with Gasteiger partial charge in [0.15, 0.2) is 0 Å². The number of hydrogen-bond acceptors (Lipinski definition) is 5. The second-order valence-corrected chi connectivity index (χ2v) is 8.33. The minimum absolute atomic E-state index is 0.0539. The van der Waals surface area contributed by atoms with Gasteiger partial charge in [-0.05, 0) is 48.4 Å². The minimum atomic E-state index is -0.138. The molecule has 4 rings (SSSR count). The molecule has 0 fully saturated rings. The Kier molecular flexibility index (Phi) is 6.76. The van der Waals surface area contributed by atoms with Crippen molar-refractivity contribution in [2.75, 3.05) is 13.7 Å². The maximum atomic E-state index is 13.4. The molecule has 0 radical (unpaired) electrons. The lowest BCUT2D eigenvalue weighted by Crippen LogP contribution is -2.42. The molecule has 1 N–H and O–H groups in total. The summed E-state index contributed by atoms with van der Waals surface area (Å²) in [5.41, 5.74) is 4.39. The molecule has 2 aromatic carbocycles. The summed E-state index contributed by atoms with van der Waals surface area (Å²) in [6.45, 7) is 3.11. The van der Waals surface area contributed by atoms with Crippen molar-refractivity contribution in [1.29, 1.82) is 5.26 Å².